The number of aliphatic hydroxyl groups is 1. The highest BCUT2D eigenvalue weighted by Crippen LogP contribution is 2.15. The van der Waals surface area contributed by atoms with Crippen LogP contribution in [0.3, 0.4) is 0 Å². The van der Waals surface area contributed by atoms with Crippen LogP contribution in [0.2, 0.25) is 0 Å². The minimum Gasteiger partial charge on any atom is -0.392 e. The lowest BCUT2D eigenvalue weighted by molar-refractivity contribution is 0.202. The molecule has 1 aromatic rings. The Morgan fingerprint density at radius 1 is 1.40 bits per heavy atom. The summed E-state index contributed by atoms with van der Waals surface area (Å²) in [6.07, 6.45) is 0.555. The lowest BCUT2D eigenvalue weighted by Gasteiger charge is -2.12. The molecule has 1 atom stereocenters. The molecule has 0 radical (unpaired) electrons. The number of benzene rings is 1. The van der Waals surface area contributed by atoms with Crippen molar-refractivity contribution in [1.82, 2.24) is 0 Å². The molecule has 0 saturated heterocycles. The molecule has 0 aromatic heterocycles. The van der Waals surface area contributed by atoms with E-state index in [1.807, 2.05) is 18.2 Å². The maximum atomic E-state index is 9.19. The number of nitrogens with one attached hydrogen (secondary N) is 1. The zero-order valence-electron chi connectivity index (χ0n) is 9.36. The second-order valence-electron chi connectivity index (χ2n) is 3.63. The zero-order chi connectivity index (χ0) is 11.1. The molecule has 3 heteroatoms. The van der Waals surface area contributed by atoms with Crippen molar-refractivity contribution in [1.29, 1.82) is 0 Å². The molecule has 0 amide bonds. The van der Waals surface area contributed by atoms with E-state index in [0.717, 1.165) is 12.1 Å². The van der Waals surface area contributed by atoms with E-state index in [1.165, 1.54) is 5.56 Å². The van der Waals surface area contributed by atoms with Crippen LogP contribution in [-0.4, -0.2) is 31.5 Å². The van der Waals surface area contributed by atoms with Crippen LogP contribution >= 0.6 is 0 Å². The summed E-state index contributed by atoms with van der Waals surface area (Å²) in [7, 11) is 1.70. The summed E-state index contributed by atoms with van der Waals surface area (Å²) >= 11 is 0. The number of hydrogen-bond donors (Lipinski definition) is 2. The van der Waals surface area contributed by atoms with Crippen molar-refractivity contribution >= 4 is 5.69 Å². The van der Waals surface area contributed by atoms with E-state index >= 15 is 0 Å². The predicted octanol–water partition coefficient (Wildman–Crippen LogP) is 1.67. The number of para-hydroxylation sites is 1. The van der Waals surface area contributed by atoms with E-state index < -0.39 is 0 Å². The lowest BCUT2D eigenvalue weighted by Crippen LogP contribution is -2.16. The Labute approximate surface area is 91.1 Å². The number of hydrogen-bond acceptors (Lipinski definition) is 3. The van der Waals surface area contributed by atoms with Crippen LogP contribution in [0.4, 0.5) is 5.69 Å². The van der Waals surface area contributed by atoms with Crippen LogP contribution in [0.15, 0.2) is 24.3 Å². The van der Waals surface area contributed by atoms with Gasteiger partial charge >= 0.3 is 0 Å². The Morgan fingerprint density at radius 3 is 2.80 bits per heavy atom. The summed E-state index contributed by atoms with van der Waals surface area (Å²) < 4.78 is 5.05. The van der Waals surface area contributed by atoms with Gasteiger partial charge in [0.05, 0.1) is 12.7 Å². The highest BCUT2D eigenvalue weighted by molar-refractivity contribution is 5.51. The van der Waals surface area contributed by atoms with Gasteiger partial charge in [-0.25, -0.2) is 0 Å². The summed E-state index contributed by atoms with van der Waals surface area (Å²) in [5.74, 6) is 0. The first-order valence-corrected chi connectivity index (χ1v) is 5.23. The Balaban J connectivity index is 2.59. The molecule has 15 heavy (non-hydrogen) atoms. The fraction of sp³-hybridized carbons (Fsp3) is 0.500. The van der Waals surface area contributed by atoms with Gasteiger partial charge < -0.3 is 15.2 Å². The Bertz CT molecular complexity index is 287. The van der Waals surface area contributed by atoms with Gasteiger partial charge in [-0.2, -0.15) is 0 Å². The SMILES string of the molecule is COCCc1ccccc1NC[C@@H](C)O. The quantitative estimate of drug-likeness (QED) is 0.749. The van der Waals surface area contributed by atoms with Crippen molar-refractivity contribution in [2.45, 2.75) is 19.4 Å². The van der Waals surface area contributed by atoms with Gasteiger partial charge in [0.15, 0.2) is 0 Å². The molecule has 0 spiro atoms. The van der Waals surface area contributed by atoms with E-state index in [1.54, 1.807) is 14.0 Å². The van der Waals surface area contributed by atoms with Gasteiger partial charge in [0.25, 0.3) is 0 Å². The van der Waals surface area contributed by atoms with Gasteiger partial charge in [-0.15, -0.1) is 0 Å². The molecule has 84 valence electrons. The second kappa shape index (κ2) is 6.43. The van der Waals surface area contributed by atoms with Crippen LogP contribution in [0.5, 0.6) is 0 Å². The monoisotopic (exact) mass is 209 g/mol. The van der Waals surface area contributed by atoms with Crippen LogP contribution in [0.25, 0.3) is 0 Å². The number of anilines is 1. The molecular weight excluding hydrogens is 190 g/mol. The summed E-state index contributed by atoms with van der Waals surface area (Å²) in [6.45, 7) is 3.06. The Hall–Kier alpha value is -1.06. The first kappa shape index (κ1) is 12.0. The standard InChI is InChI=1S/C12H19NO2/c1-10(14)9-13-12-6-4-3-5-11(12)7-8-15-2/h3-6,10,13-14H,7-9H2,1-2H3/t10-/m1/s1. The third kappa shape index (κ3) is 4.32. The van der Waals surface area contributed by atoms with Crippen molar-refractivity contribution in [3.63, 3.8) is 0 Å². The summed E-state index contributed by atoms with van der Waals surface area (Å²) in [5, 5.41) is 12.4. The van der Waals surface area contributed by atoms with Gasteiger partial charge in [0.1, 0.15) is 0 Å². The summed E-state index contributed by atoms with van der Waals surface area (Å²) in [4.78, 5) is 0. The third-order valence-electron chi connectivity index (χ3n) is 2.18. The maximum Gasteiger partial charge on any atom is 0.0684 e. The molecule has 0 saturated carbocycles. The maximum absolute atomic E-state index is 9.19. The first-order valence-electron chi connectivity index (χ1n) is 5.23. The van der Waals surface area contributed by atoms with E-state index in [-0.39, 0.29) is 6.10 Å². The van der Waals surface area contributed by atoms with Crippen LogP contribution in [0.1, 0.15) is 12.5 Å². The van der Waals surface area contributed by atoms with Crippen LogP contribution < -0.4 is 5.32 Å². The van der Waals surface area contributed by atoms with E-state index in [0.29, 0.717) is 13.2 Å². The average molecular weight is 209 g/mol. The fourth-order valence-corrected chi connectivity index (χ4v) is 1.38. The van der Waals surface area contributed by atoms with Gasteiger partial charge in [-0.1, -0.05) is 18.2 Å². The third-order valence-corrected chi connectivity index (χ3v) is 2.18. The molecule has 0 heterocycles. The minimum atomic E-state index is -0.333. The Kier molecular flexibility index (Phi) is 5.15. The van der Waals surface area contributed by atoms with Crippen molar-refractivity contribution in [2.24, 2.45) is 0 Å². The van der Waals surface area contributed by atoms with Crippen molar-refractivity contribution < 1.29 is 9.84 Å². The van der Waals surface area contributed by atoms with Crippen molar-refractivity contribution in [3.8, 4) is 0 Å². The molecule has 0 aliphatic carbocycles. The number of methoxy groups -OCH3 is 1. The molecule has 0 unspecified atom stereocenters. The van der Waals surface area contributed by atoms with Crippen LogP contribution in [-0.2, 0) is 11.2 Å². The van der Waals surface area contributed by atoms with Gasteiger partial charge in [0, 0.05) is 19.3 Å². The highest BCUT2D eigenvalue weighted by atomic mass is 16.5. The normalized spacial score (nSPS) is 12.5. The van der Waals surface area contributed by atoms with Gasteiger partial charge in [-0.05, 0) is 25.0 Å². The fourth-order valence-electron chi connectivity index (χ4n) is 1.38. The van der Waals surface area contributed by atoms with E-state index in [9.17, 15) is 5.11 Å². The molecule has 3 nitrogen and oxygen atoms in total. The van der Waals surface area contributed by atoms with E-state index in [4.69, 9.17) is 4.74 Å². The number of rotatable bonds is 6. The van der Waals surface area contributed by atoms with Crippen molar-refractivity contribution in [2.75, 3.05) is 25.6 Å². The van der Waals surface area contributed by atoms with Gasteiger partial charge in [-0.3, -0.25) is 0 Å². The van der Waals surface area contributed by atoms with Gasteiger partial charge in [0.2, 0.25) is 0 Å². The predicted molar refractivity (Wildman–Crippen MR) is 62.2 cm³/mol. The number of aliphatic hydroxyl groups excluding tert-OH is 1. The lowest BCUT2D eigenvalue weighted by atomic mass is 10.1. The highest BCUT2D eigenvalue weighted by Gasteiger charge is 2.02. The summed E-state index contributed by atoms with van der Waals surface area (Å²) in [6, 6.07) is 8.09. The summed E-state index contributed by atoms with van der Waals surface area (Å²) in [5.41, 5.74) is 2.30. The number of ether oxygens (including phenoxy) is 1. The molecule has 0 aliphatic rings. The molecule has 0 bridgehead atoms. The molecule has 1 rings (SSSR count). The topological polar surface area (TPSA) is 41.5 Å². The van der Waals surface area contributed by atoms with E-state index in [2.05, 4.69) is 11.4 Å². The second-order valence-corrected chi connectivity index (χ2v) is 3.63. The minimum absolute atomic E-state index is 0.333. The van der Waals surface area contributed by atoms with Crippen molar-refractivity contribution in [3.05, 3.63) is 29.8 Å². The molecule has 1 aromatic carbocycles. The van der Waals surface area contributed by atoms with Crippen LogP contribution in [0, 0.1) is 0 Å². The zero-order valence-corrected chi connectivity index (χ0v) is 9.36. The first-order chi connectivity index (χ1) is 7.24. The molecule has 0 fully saturated rings. The smallest absolute Gasteiger partial charge is 0.0684 e. The Morgan fingerprint density at radius 2 is 2.13 bits per heavy atom. The molecule has 0 aliphatic heterocycles. The average Bonchev–Trinajstić information content (AvgIpc) is 2.24. The molecule has 2 N–H and O–H groups in total. The molecular formula is C12H19NO2. The largest absolute Gasteiger partial charge is 0.392 e.